The van der Waals surface area contributed by atoms with E-state index in [-0.39, 0.29) is 5.92 Å². The van der Waals surface area contributed by atoms with Crippen molar-refractivity contribution < 1.29 is 19.8 Å². The van der Waals surface area contributed by atoms with Gasteiger partial charge in [0.2, 0.25) is 0 Å². The summed E-state index contributed by atoms with van der Waals surface area (Å²) in [5.41, 5.74) is 0. The standard InChI is InChI=1S/C14H24O4/c1-8(2)4-6-10-9(3)5-7-11(13(15)16)12(10)14(17)18/h8-12H,4-7H2,1-3H3,(H,15,16)(H,17,18). The fourth-order valence-corrected chi connectivity index (χ4v) is 3.11. The Labute approximate surface area is 108 Å². The fraction of sp³-hybridized carbons (Fsp3) is 0.857. The monoisotopic (exact) mass is 256 g/mol. The summed E-state index contributed by atoms with van der Waals surface area (Å²) in [7, 11) is 0. The van der Waals surface area contributed by atoms with Crippen LogP contribution in [0.25, 0.3) is 0 Å². The summed E-state index contributed by atoms with van der Waals surface area (Å²) in [6, 6.07) is 0. The molecule has 0 aliphatic heterocycles. The van der Waals surface area contributed by atoms with Crippen molar-refractivity contribution in [3.05, 3.63) is 0 Å². The number of hydrogen-bond donors (Lipinski definition) is 2. The topological polar surface area (TPSA) is 74.6 Å². The summed E-state index contributed by atoms with van der Waals surface area (Å²) < 4.78 is 0. The highest BCUT2D eigenvalue weighted by Crippen LogP contribution is 2.42. The Morgan fingerprint density at radius 1 is 1.17 bits per heavy atom. The van der Waals surface area contributed by atoms with E-state index in [4.69, 9.17) is 0 Å². The van der Waals surface area contributed by atoms with Crippen LogP contribution in [0, 0.1) is 29.6 Å². The van der Waals surface area contributed by atoms with Gasteiger partial charge in [0.05, 0.1) is 11.8 Å². The van der Waals surface area contributed by atoms with Gasteiger partial charge >= 0.3 is 11.9 Å². The Balaban J connectivity index is 2.85. The van der Waals surface area contributed by atoms with Crippen molar-refractivity contribution in [2.24, 2.45) is 29.6 Å². The molecule has 18 heavy (non-hydrogen) atoms. The Morgan fingerprint density at radius 2 is 1.78 bits per heavy atom. The fourth-order valence-electron chi connectivity index (χ4n) is 3.11. The summed E-state index contributed by atoms with van der Waals surface area (Å²) in [5, 5.41) is 18.5. The van der Waals surface area contributed by atoms with E-state index in [2.05, 4.69) is 20.8 Å². The first-order valence-electron chi connectivity index (χ1n) is 6.80. The van der Waals surface area contributed by atoms with Crippen molar-refractivity contribution in [1.29, 1.82) is 0 Å². The Kier molecular flexibility index (Phi) is 5.17. The molecule has 0 spiro atoms. The molecule has 0 aromatic rings. The summed E-state index contributed by atoms with van der Waals surface area (Å²) in [6.45, 7) is 6.27. The minimum Gasteiger partial charge on any atom is -0.481 e. The predicted molar refractivity (Wildman–Crippen MR) is 68.2 cm³/mol. The van der Waals surface area contributed by atoms with Crippen LogP contribution in [0.2, 0.25) is 0 Å². The quantitative estimate of drug-likeness (QED) is 0.793. The molecule has 0 aromatic heterocycles. The molecule has 4 nitrogen and oxygen atoms in total. The summed E-state index contributed by atoms with van der Waals surface area (Å²) in [6.07, 6.45) is 3.10. The van der Waals surface area contributed by atoms with Gasteiger partial charge in [0.25, 0.3) is 0 Å². The minimum absolute atomic E-state index is 0.000231. The molecular weight excluding hydrogens is 232 g/mol. The number of carboxylic acids is 2. The zero-order valence-corrected chi connectivity index (χ0v) is 11.4. The van der Waals surface area contributed by atoms with Gasteiger partial charge in [0.15, 0.2) is 0 Å². The lowest BCUT2D eigenvalue weighted by Crippen LogP contribution is -2.42. The smallest absolute Gasteiger partial charge is 0.307 e. The maximum atomic E-state index is 11.4. The van der Waals surface area contributed by atoms with Crippen LogP contribution in [-0.4, -0.2) is 22.2 Å². The predicted octanol–water partition coefficient (Wildman–Crippen LogP) is 2.87. The van der Waals surface area contributed by atoms with Gasteiger partial charge in [-0.25, -0.2) is 0 Å². The van der Waals surface area contributed by atoms with E-state index in [1.165, 1.54) is 0 Å². The van der Waals surface area contributed by atoms with Crippen LogP contribution in [-0.2, 0) is 9.59 Å². The maximum Gasteiger partial charge on any atom is 0.307 e. The average Bonchev–Trinajstić information content (AvgIpc) is 2.25. The molecule has 0 saturated heterocycles. The molecule has 1 aliphatic carbocycles. The molecular formula is C14H24O4. The third kappa shape index (κ3) is 3.47. The summed E-state index contributed by atoms with van der Waals surface area (Å²) in [5.74, 6) is -2.50. The lowest BCUT2D eigenvalue weighted by molar-refractivity contribution is -0.160. The van der Waals surface area contributed by atoms with Gasteiger partial charge in [-0.05, 0) is 37.0 Å². The van der Waals surface area contributed by atoms with Gasteiger partial charge in [-0.3, -0.25) is 9.59 Å². The first-order chi connectivity index (χ1) is 8.34. The molecule has 0 bridgehead atoms. The largest absolute Gasteiger partial charge is 0.481 e. The minimum atomic E-state index is -0.955. The molecule has 1 rings (SSSR count). The molecule has 0 heterocycles. The summed E-state index contributed by atoms with van der Waals surface area (Å²) >= 11 is 0. The molecule has 4 heteroatoms. The molecule has 2 N–H and O–H groups in total. The highest BCUT2D eigenvalue weighted by Gasteiger charge is 2.44. The third-order valence-electron chi connectivity index (χ3n) is 4.24. The van der Waals surface area contributed by atoms with Crippen LogP contribution in [0.5, 0.6) is 0 Å². The second kappa shape index (κ2) is 6.21. The van der Waals surface area contributed by atoms with Gasteiger partial charge in [-0.1, -0.05) is 27.2 Å². The molecule has 1 fully saturated rings. The van der Waals surface area contributed by atoms with Crippen LogP contribution >= 0.6 is 0 Å². The Hall–Kier alpha value is -1.06. The third-order valence-corrected chi connectivity index (χ3v) is 4.24. The molecule has 1 aliphatic rings. The van der Waals surface area contributed by atoms with E-state index in [0.29, 0.717) is 18.3 Å². The highest BCUT2D eigenvalue weighted by molar-refractivity contribution is 5.80. The first kappa shape index (κ1) is 15.0. The van der Waals surface area contributed by atoms with Crippen molar-refractivity contribution >= 4 is 11.9 Å². The normalized spacial score (nSPS) is 32.4. The molecule has 1 saturated carbocycles. The summed E-state index contributed by atoms with van der Waals surface area (Å²) in [4.78, 5) is 22.6. The van der Waals surface area contributed by atoms with Gasteiger partial charge in [0.1, 0.15) is 0 Å². The number of carboxylic acid groups (broad SMARTS) is 2. The van der Waals surface area contributed by atoms with Crippen molar-refractivity contribution in [2.75, 3.05) is 0 Å². The first-order valence-corrected chi connectivity index (χ1v) is 6.80. The van der Waals surface area contributed by atoms with E-state index >= 15 is 0 Å². The van der Waals surface area contributed by atoms with E-state index < -0.39 is 23.8 Å². The molecule has 0 aromatic carbocycles. The van der Waals surface area contributed by atoms with Crippen LogP contribution in [0.1, 0.15) is 46.5 Å². The van der Waals surface area contributed by atoms with Gasteiger partial charge in [0, 0.05) is 0 Å². The van der Waals surface area contributed by atoms with Gasteiger partial charge in [-0.15, -0.1) is 0 Å². The van der Waals surface area contributed by atoms with Gasteiger partial charge in [-0.2, -0.15) is 0 Å². The van der Waals surface area contributed by atoms with Crippen molar-refractivity contribution in [3.63, 3.8) is 0 Å². The van der Waals surface area contributed by atoms with Crippen molar-refractivity contribution in [2.45, 2.75) is 46.5 Å². The zero-order valence-electron chi connectivity index (χ0n) is 11.4. The van der Waals surface area contributed by atoms with Crippen LogP contribution in [0.15, 0.2) is 0 Å². The van der Waals surface area contributed by atoms with Gasteiger partial charge < -0.3 is 10.2 Å². The van der Waals surface area contributed by atoms with Crippen LogP contribution < -0.4 is 0 Å². The molecule has 0 amide bonds. The zero-order chi connectivity index (χ0) is 13.9. The van der Waals surface area contributed by atoms with E-state index in [9.17, 15) is 19.8 Å². The lowest BCUT2D eigenvalue weighted by atomic mass is 9.65. The van der Waals surface area contributed by atoms with Crippen LogP contribution in [0.4, 0.5) is 0 Å². The second-order valence-electron chi connectivity index (χ2n) is 6.00. The lowest BCUT2D eigenvalue weighted by Gasteiger charge is -2.38. The number of rotatable bonds is 5. The Bertz CT molecular complexity index is 311. The molecule has 4 atom stereocenters. The SMILES string of the molecule is CC(C)CCC1C(C)CCC(C(=O)O)C1C(=O)O. The van der Waals surface area contributed by atoms with E-state index in [1.807, 2.05) is 0 Å². The van der Waals surface area contributed by atoms with Crippen LogP contribution in [0.3, 0.4) is 0 Å². The number of aliphatic carboxylic acids is 2. The molecule has 104 valence electrons. The molecule has 4 unspecified atom stereocenters. The maximum absolute atomic E-state index is 11.4. The van der Waals surface area contributed by atoms with E-state index in [0.717, 1.165) is 19.3 Å². The average molecular weight is 256 g/mol. The number of carbonyl (C=O) groups is 2. The van der Waals surface area contributed by atoms with Crippen molar-refractivity contribution in [1.82, 2.24) is 0 Å². The second-order valence-corrected chi connectivity index (χ2v) is 6.00. The van der Waals surface area contributed by atoms with E-state index in [1.54, 1.807) is 0 Å². The number of hydrogen-bond acceptors (Lipinski definition) is 2. The van der Waals surface area contributed by atoms with Crippen molar-refractivity contribution in [3.8, 4) is 0 Å². The molecule has 0 radical (unpaired) electrons. The Morgan fingerprint density at radius 3 is 2.22 bits per heavy atom. The highest BCUT2D eigenvalue weighted by atomic mass is 16.4.